The Morgan fingerprint density at radius 2 is 1.50 bits per heavy atom. The first-order chi connectivity index (χ1) is 9.80. The fraction of sp³-hybridized carbons (Fsp3) is 1.00. The molecule has 3 aliphatic carbocycles. The Balaban J connectivity index is 1.52. The molecule has 1 N–H and O–H groups in total. The van der Waals surface area contributed by atoms with Crippen LogP contribution in [-0.4, -0.2) is 35.6 Å². The zero-order valence-electron chi connectivity index (χ0n) is 13.1. The largest absolute Gasteiger partial charge is 0.308 e. The van der Waals surface area contributed by atoms with Crippen LogP contribution in [-0.2, 0) is 0 Å². The fourth-order valence-corrected chi connectivity index (χ4v) is 5.19. The molecular formula is C18H32N2. The molecule has 0 amide bonds. The number of nitrogens with zero attached hydrogens (tertiary/aromatic N) is 1. The molecule has 0 aromatic rings. The summed E-state index contributed by atoms with van der Waals surface area (Å²) in [5.41, 5.74) is 1.04. The van der Waals surface area contributed by atoms with Gasteiger partial charge in [-0.3, -0.25) is 4.90 Å². The van der Waals surface area contributed by atoms with Crippen molar-refractivity contribution in [3.05, 3.63) is 0 Å². The smallest absolute Gasteiger partial charge is 0.0335 e. The maximum atomic E-state index is 4.08. The second-order valence-electron chi connectivity index (χ2n) is 8.30. The first-order valence-electron chi connectivity index (χ1n) is 9.31. The van der Waals surface area contributed by atoms with Crippen LogP contribution in [0.25, 0.3) is 0 Å². The van der Waals surface area contributed by atoms with E-state index in [0.717, 1.165) is 5.92 Å². The lowest BCUT2D eigenvalue weighted by atomic mass is 9.72. The highest BCUT2D eigenvalue weighted by Crippen LogP contribution is 2.43. The highest BCUT2D eigenvalue weighted by Gasteiger charge is 2.48. The Hall–Kier alpha value is -0.0800. The maximum absolute atomic E-state index is 4.08. The van der Waals surface area contributed by atoms with E-state index >= 15 is 0 Å². The van der Waals surface area contributed by atoms with Crippen molar-refractivity contribution in [2.75, 3.05) is 19.6 Å². The molecule has 114 valence electrons. The van der Waals surface area contributed by atoms with Crippen LogP contribution in [0.3, 0.4) is 0 Å². The van der Waals surface area contributed by atoms with Crippen LogP contribution < -0.4 is 5.32 Å². The summed E-state index contributed by atoms with van der Waals surface area (Å²) in [5, 5.41) is 4.08. The molecule has 0 atom stereocenters. The van der Waals surface area contributed by atoms with Gasteiger partial charge < -0.3 is 5.32 Å². The molecule has 0 aromatic heterocycles. The lowest BCUT2D eigenvalue weighted by Crippen LogP contribution is -2.71. The fourth-order valence-electron chi connectivity index (χ4n) is 5.19. The molecule has 0 aromatic carbocycles. The van der Waals surface area contributed by atoms with Gasteiger partial charge in [0, 0.05) is 30.7 Å². The molecule has 4 fully saturated rings. The van der Waals surface area contributed by atoms with Gasteiger partial charge in [-0.1, -0.05) is 38.5 Å². The Bertz CT molecular complexity index is 335. The molecule has 4 rings (SSSR count). The number of hydrogen-bond acceptors (Lipinski definition) is 2. The average molecular weight is 276 g/mol. The lowest BCUT2D eigenvalue weighted by Gasteiger charge is -2.57. The van der Waals surface area contributed by atoms with Crippen molar-refractivity contribution in [3.63, 3.8) is 0 Å². The minimum absolute atomic E-state index is 0.496. The van der Waals surface area contributed by atoms with E-state index in [-0.39, 0.29) is 0 Å². The summed E-state index contributed by atoms with van der Waals surface area (Å²) >= 11 is 0. The van der Waals surface area contributed by atoms with E-state index in [1.54, 1.807) is 0 Å². The Labute approximate surface area is 124 Å². The SMILES string of the molecule is C1CCC2(CC1)CN(CC1CC1)C1(CCCCC1)CN2. The topological polar surface area (TPSA) is 15.3 Å². The summed E-state index contributed by atoms with van der Waals surface area (Å²) in [5.74, 6) is 1.05. The van der Waals surface area contributed by atoms with Gasteiger partial charge in [0.2, 0.25) is 0 Å². The van der Waals surface area contributed by atoms with E-state index in [0.29, 0.717) is 11.1 Å². The molecule has 1 heterocycles. The van der Waals surface area contributed by atoms with Gasteiger partial charge in [-0.2, -0.15) is 0 Å². The summed E-state index contributed by atoms with van der Waals surface area (Å²) < 4.78 is 0. The molecule has 0 radical (unpaired) electrons. The third kappa shape index (κ3) is 2.54. The van der Waals surface area contributed by atoms with Crippen LogP contribution in [0.4, 0.5) is 0 Å². The van der Waals surface area contributed by atoms with Crippen molar-refractivity contribution in [2.45, 2.75) is 88.1 Å². The zero-order valence-corrected chi connectivity index (χ0v) is 13.1. The van der Waals surface area contributed by atoms with Crippen LogP contribution in [0.2, 0.25) is 0 Å². The van der Waals surface area contributed by atoms with Gasteiger partial charge in [-0.25, -0.2) is 0 Å². The molecule has 1 aliphatic heterocycles. The Kier molecular flexibility index (Phi) is 3.58. The monoisotopic (exact) mass is 276 g/mol. The number of piperazine rings is 1. The normalized spacial score (nSPS) is 33.6. The second kappa shape index (κ2) is 5.28. The van der Waals surface area contributed by atoms with Gasteiger partial charge in [0.15, 0.2) is 0 Å². The van der Waals surface area contributed by atoms with Crippen LogP contribution in [0.5, 0.6) is 0 Å². The van der Waals surface area contributed by atoms with Crippen LogP contribution in [0.15, 0.2) is 0 Å². The van der Waals surface area contributed by atoms with E-state index in [1.807, 2.05) is 0 Å². The standard InChI is InChI=1S/C18H32N2/c1-3-9-17(10-4-1)15-20(13-16-7-8-16)18(14-19-17)11-5-2-6-12-18/h16,19H,1-15H2. The second-order valence-corrected chi connectivity index (χ2v) is 8.30. The van der Waals surface area contributed by atoms with Crippen molar-refractivity contribution in [1.29, 1.82) is 0 Å². The van der Waals surface area contributed by atoms with Gasteiger partial charge in [0.05, 0.1) is 0 Å². The first kappa shape index (κ1) is 13.6. The maximum Gasteiger partial charge on any atom is 0.0335 e. The average Bonchev–Trinajstić information content (AvgIpc) is 3.30. The van der Waals surface area contributed by atoms with Crippen molar-refractivity contribution in [3.8, 4) is 0 Å². The van der Waals surface area contributed by atoms with E-state index in [1.165, 1.54) is 96.7 Å². The summed E-state index contributed by atoms with van der Waals surface area (Å²) in [7, 11) is 0. The summed E-state index contributed by atoms with van der Waals surface area (Å²) in [6.07, 6.45) is 17.6. The predicted molar refractivity (Wildman–Crippen MR) is 83.9 cm³/mol. The molecule has 2 spiro atoms. The number of hydrogen-bond donors (Lipinski definition) is 1. The molecule has 0 bridgehead atoms. The minimum Gasteiger partial charge on any atom is -0.308 e. The van der Waals surface area contributed by atoms with Gasteiger partial charge in [-0.05, 0) is 44.4 Å². The van der Waals surface area contributed by atoms with Crippen molar-refractivity contribution in [2.24, 2.45) is 5.92 Å². The van der Waals surface area contributed by atoms with E-state index in [9.17, 15) is 0 Å². The van der Waals surface area contributed by atoms with Crippen LogP contribution >= 0.6 is 0 Å². The Morgan fingerprint density at radius 3 is 2.15 bits per heavy atom. The molecule has 2 heteroatoms. The van der Waals surface area contributed by atoms with Crippen molar-refractivity contribution in [1.82, 2.24) is 10.2 Å². The zero-order chi connectivity index (χ0) is 13.5. The highest BCUT2D eigenvalue weighted by molar-refractivity contribution is 5.07. The van der Waals surface area contributed by atoms with E-state index in [2.05, 4.69) is 10.2 Å². The van der Waals surface area contributed by atoms with Gasteiger partial charge >= 0.3 is 0 Å². The predicted octanol–water partition coefficient (Wildman–Crippen LogP) is 3.71. The molecular weight excluding hydrogens is 244 g/mol. The summed E-state index contributed by atoms with van der Waals surface area (Å²) in [6, 6.07) is 0. The first-order valence-corrected chi connectivity index (χ1v) is 9.31. The van der Waals surface area contributed by atoms with E-state index < -0.39 is 0 Å². The van der Waals surface area contributed by atoms with E-state index in [4.69, 9.17) is 0 Å². The van der Waals surface area contributed by atoms with Gasteiger partial charge in [-0.15, -0.1) is 0 Å². The summed E-state index contributed by atoms with van der Waals surface area (Å²) in [4.78, 5) is 2.99. The highest BCUT2D eigenvalue weighted by atomic mass is 15.3. The van der Waals surface area contributed by atoms with Crippen LogP contribution in [0.1, 0.15) is 77.0 Å². The molecule has 1 saturated heterocycles. The molecule has 3 saturated carbocycles. The quantitative estimate of drug-likeness (QED) is 0.827. The molecule has 20 heavy (non-hydrogen) atoms. The van der Waals surface area contributed by atoms with Crippen molar-refractivity contribution < 1.29 is 0 Å². The van der Waals surface area contributed by atoms with Gasteiger partial charge in [0.25, 0.3) is 0 Å². The lowest BCUT2D eigenvalue weighted by molar-refractivity contribution is -0.0323. The third-order valence-corrected chi connectivity index (χ3v) is 6.73. The third-order valence-electron chi connectivity index (χ3n) is 6.73. The molecule has 2 nitrogen and oxygen atoms in total. The van der Waals surface area contributed by atoms with Gasteiger partial charge in [0.1, 0.15) is 0 Å². The number of nitrogens with one attached hydrogen (secondary N) is 1. The van der Waals surface area contributed by atoms with Crippen molar-refractivity contribution >= 4 is 0 Å². The Morgan fingerprint density at radius 1 is 0.850 bits per heavy atom. The minimum atomic E-state index is 0.496. The number of rotatable bonds is 2. The molecule has 4 aliphatic rings. The summed E-state index contributed by atoms with van der Waals surface area (Å²) in [6.45, 7) is 4.08. The molecule has 0 unspecified atom stereocenters. The van der Waals surface area contributed by atoms with Crippen LogP contribution in [0, 0.1) is 5.92 Å².